The molecule has 43 heavy (non-hydrogen) atoms. The number of rotatable bonds is 7. The number of aromatic hydroxyl groups is 3. The Bertz CT molecular complexity index is 1490. The Balaban J connectivity index is 1.56. The van der Waals surface area contributed by atoms with Crippen molar-refractivity contribution < 1.29 is 74.4 Å². The standard InChI is InChI=1S/C27H30O16/c28-7-15-18(34)20(36)22(38)26(40-15)43-25-21(37)19(35)16(8-29)41-27(25)42-23-13(33)5-11(31)17-12(32)6-14(39-24(17)23)9-1-3-10(30)4-2-9/h1-6,15-16,18-22,25-31,33-38H,7-8H2/t15-,16-,18-,19-,20+,21+,22-,25-,26+,27-/m1/s1. The molecule has 16 heteroatoms. The van der Waals surface area contributed by atoms with E-state index in [4.69, 9.17) is 23.4 Å². The van der Waals surface area contributed by atoms with Crippen molar-refractivity contribution in [3.8, 4) is 34.3 Å². The van der Waals surface area contributed by atoms with E-state index < -0.39 is 108 Å². The second-order valence-corrected chi connectivity index (χ2v) is 10.1. The molecule has 2 aromatic carbocycles. The number of aliphatic hydroxyl groups excluding tert-OH is 7. The molecule has 2 saturated heterocycles. The molecular weight excluding hydrogens is 580 g/mol. The molecule has 2 aliphatic heterocycles. The summed E-state index contributed by atoms with van der Waals surface area (Å²) >= 11 is 0. The van der Waals surface area contributed by atoms with Crippen LogP contribution in [0.2, 0.25) is 0 Å². The number of fused-ring (bicyclic) bond motifs is 1. The van der Waals surface area contributed by atoms with Crippen molar-refractivity contribution in [1.82, 2.24) is 0 Å². The highest BCUT2D eigenvalue weighted by Gasteiger charge is 2.51. The Morgan fingerprint density at radius 3 is 1.95 bits per heavy atom. The predicted octanol–water partition coefficient (Wildman–Crippen LogP) is -2.42. The molecule has 3 aromatic rings. The first-order chi connectivity index (χ1) is 20.4. The second-order valence-electron chi connectivity index (χ2n) is 10.1. The van der Waals surface area contributed by atoms with E-state index in [-0.39, 0.29) is 11.5 Å². The van der Waals surface area contributed by atoms with Crippen molar-refractivity contribution in [2.75, 3.05) is 13.2 Å². The highest BCUT2D eigenvalue weighted by molar-refractivity contribution is 5.91. The maximum atomic E-state index is 13.0. The summed E-state index contributed by atoms with van der Waals surface area (Å²) in [6.45, 7) is -1.62. The third kappa shape index (κ3) is 5.73. The molecule has 0 radical (unpaired) electrons. The van der Waals surface area contributed by atoms with E-state index in [1.54, 1.807) is 0 Å². The SMILES string of the molecule is O=c1cc(-c2ccc(O)cc2)oc2c(O[C@H]3O[C@H](CO)[C@@H](O)[C@H](O)[C@H]3O[C@@H]3O[C@H](CO)[C@@H](O)[C@H](O)[C@H]3O)c(O)cc(O)c12. The summed E-state index contributed by atoms with van der Waals surface area (Å²) in [5.41, 5.74) is -0.916. The quantitative estimate of drug-likeness (QED) is 0.133. The van der Waals surface area contributed by atoms with E-state index in [1.165, 1.54) is 24.3 Å². The molecule has 5 rings (SSSR count). The van der Waals surface area contributed by atoms with Gasteiger partial charge in [0.1, 0.15) is 65.4 Å². The van der Waals surface area contributed by atoms with Crippen molar-refractivity contribution in [3.05, 3.63) is 46.6 Å². The Labute approximate surface area is 241 Å². The molecule has 10 atom stereocenters. The van der Waals surface area contributed by atoms with Gasteiger partial charge >= 0.3 is 0 Å². The summed E-state index contributed by atoms with van der Waals surface area (Å²) in [6, 6.07) is 7.35. The summed E-state index contributed by atoms with van der Waals surface area (Å²) in [6.07, 6.45) is -17.6. The van der Waals surface area contributed by atoms with Crippen molar-refractivity contribution in [3.63, 3.8) is 0 Å². The van der Waals surface area contributed by atoms with Crippen LogP contribution in [0.25, 0.3) is 22.3 Å². The molecule has 0 saturated carbocycles. The van der Waals surface area contributed by atoms with E-state index in [2.05, 4.69) is 0 Å². The van der Waals surface area contributed by atoms with Crippen LogP contribution in [0.15, 0.2) is 45.6 Å². The minimum atomic E-state index is -1.92. The molecule has 3 heterocycles. The molecule has 0 spiro atoms. The van der Waals surface area contributed by atoms with E-state index in [0.717, 1.165) is 12.1 Å². The first-order valence-electron chi connectivity index (χ1n) is 13.0. The van der Waals surface area contributed by atoms with Crippen LogP contribution in [0.1, 0.15) is 0 Å². The van der Waals surface area contributed by atoms with Gasteiger partial charge in [-0.05, 0) is 24.3 Å². The lowest BCUT2D eigenvalue weighted by Gasteiger charge is -2.45. The molecule has 2 fully saturated rings. The summed E-state index contributed by atoms with van der Waals surface area (Å²) in [7, 11) is 0. The van der Waals surface area contributed by atoms with Gasteiger partial charge in [0.05, 0.1) is 13.2 Å². The van der Waals surface area contributed by atoms with Gasteiger partial charge in [0.2, 0.25) is 12.0 Å². The molecule has 1 aromatic heterocycles. The number of hydrogen-bond acceptors (Lipinski definition) is 16. The number of aliphatic hydroxyl groups is 7. The number of phenols is 3. The normalized spacial score (nSPS) is 33.0. The van der Waals surface area contributed by atoms with Gasteiger partial charge < -0.3 is 74.4 Å². The smallest absolute Gasteiger partial charge is 0.230 e. The predicted molar refractivity (Wildman–Crippen MR) is 140 cm³/mol. The van der Waals surface area contributed by atoms with Gasteiger partial charge in [0.15, 0.2) is 29.2 Å². The third-order valence-corrected chi connectivity index (χ3v) is 7.27. The van der Waals surface area contributed by atoms with E-state index in [9.17, 15) is 55.9 Å². The summed E-state index contributed by atoms with van der Waals surface area (Å²) in [4.78, 5) is 13.0. The fourth-order valence-corrected chi connectivity index (χ4v) is 4.91. The molecule has 234 valence electrons. The lowest BCUT2D eigenvalue weighted by atomic mass is 9.97. The van der Waals surface area contributed by atoms with Crippen LogP contribution >= 0.6 is 0 Å². The van der Waals surface area contributed by atoms with Crippen LogP contribution in [0, 0.1) is 0 Å². The largest absolute Gasteiger partial charge is 0.508 e. The monoisotopic (exact) mass is 610 g/mol. The zero-order chi connectivity index (χ0) is 31.2. The first-order valence-corrected chi connectivity index (χ1v) is 13.0. The molecule has 0 unspecified atom stereocenters. The molecular formula is C27H30O16. The Kier molecular flexibility index (Phi) is 8.77. The van der Waals surface area contributed by atoms with Crippen molar-refractivity contribution in [2.24, 2.45) is 0 Å². The van der Waals surface area contributed by atoms with Crippen LogP contribution in [-0.4, -0.2) is 126 Å². The van der Waals surface area contributed by atoms with Crippen LogP contribution in [0.3, 0.4) is 0 Å². The van der Waals surface area contributed by atoms with E-state index in [0.29, 0.717) is 5.56 Å². The first kappa shape index (κ1) is 30.9. The Morgan fingerprint density at radius 1 is 0.721 bits per heavy atom. The van der Waals surface area contributed by atoms with Crippen LogP contribution in [-0.2, 0) is 14.2 Å². The van der Waals surface area contributed by atoms with Gasteiger partial charge in [0.25, 0.3) is 0 Å². The number of benzene rings is 2. The van der Waals surface area contributed by atoms with Gasteiger partial charge in [-0.25, -0.2) is 0 Å². The number of hydrogen-bond donors (Lipinski definition) is 10. The van der Waals surface area contributed by atoms with Crippen LogP contribution in [0.4, 0.5) is 0 Å². The highest BCUT2D eigenvalue weighted by atomic mass is 16.8. The highest BCUT2D eigenvalue weighted by Crippen LogP contribution is 2.42. The van der Waals surface area contributed by atoms with E-state index >= 15 is 0 Å². The fourth-order valence-electron chi connectivity index (χ4n) is 4.91. The van der Waals surface area contributed by atoms with Gasteiger partial charge in [-0.15, -0.1) is 0 Å². The minimum Gasteiger partial charge on any atom is -0.508 e. The molecule has 0 aliphatic carbocycles. The second kappa shape index (κ2) is 12.2. The van der Waals surface area contributed by atoms with Crippen molar-refractivity contribution >= 4 is 11.0 Å². The zero-order valence-corrected chi connectivity index (χ0v) is 22.1. The summed E-state index contributed by atoms with van der Waals surface area (Å²) < 4.78 is 28.1. The molecule has 2 aliphatic rings. The number of ether oxygens (including phenoxy) is 4. The average molecular weight is 611 g/mol. The Hall–Kier alpha value is -3.55. The van der Waals surface area contributed by atoms with E-state index in [1.807, 2.05) is 0 Å². The topological polar surface area (TPSA) is 269 Å². The maximum absolute atomic E-state index is 13.0. The van der Waals surface area contributed by atoms with Crippen molar-refractivity contribution in [1.29, 1.82) is 0 Å². The van der Waals surface area contributed by atoms with Gasteiger partial charge in [0, 0.05) is 17.7 Å². The fraction of sp³-hybridized carbons (Fsp3) is 0.444. The van der Waals surface area contributed by atoms with Crippen molar-refractivity contribution in [2.45, 2.75) is 61.4 Å². The molecule has 0 bridgehead atoms. The van der Waals surface area contributed by atoms with Crippen LogP contribution in [0.5, 0.6) is 23.0 Å². The molecule has 10 N–H and O–H groups in total. The average Bonchev–Trinajstić information content (AvgIpc) is 2.98. The lowest BCUT2D eigenvalue weighted by Crippen LogP contribution is -2.65. The van der Waals surface area contributed by atoms with Crippen LogP contribution < -0.4 is 10.2 Å². The third-order valence-electron chi connectivity index (χ3n) is 7.27. The van der Waals surface area contributed by atoms with Gasteiger partial charge in [-0.3, -0.25) is 4.79 Å². The van der Waals surface area contributed by atoms with Gasteiger partial charge in [-0.2, -0.15) is 0 Å². The minimum absolute atomic E-state index is 0.0604. The summed E-state index contributed by atoms with van der Waals surface area (Å²) in [5, 5.41) is 102. The molecule has 16 nitrogen and oxygen atoms in total. The number of phenolic OH excluding ortho intramolecular Hbond substituents is 3. The summed E-state index contributed by atoms with van der Waals surface area (Å²) in [5.74, 6) is -2.17. The Morgan fingerprint density at radius 2 is 1.33 bits per heavy atom. The lowest BCUT2D eigenvalue weighted by molar-refractivity contribution is -0.357. The zero-order valence-electron chi connectivity index (χ0n) is 22.1. The molecule has 0 amide bonds. The maximum Gasteiger partial charge on any atom is 0.230 e. The van der Waals surface area contributed by atoms with Gasteiger partial charge in [-0.1, -0.05) is 0 Å².